The quantitative estimate of drug-likeness (QED) is 0.150. The number of anilines is 1. The molecule has 5 heterocycles. The number of rotatable bonds is 8. The molecule has 2 atom stereocenters. The number of thiazole rings is 1. The average molecular weight is 588 g/mol. The molecule has 1 fully saturated rings. The van der Waals surface area contributed by atoms with E-state index in [9.17, 15) is 19.5 Å². The lowest BCUT2D eigenvalue weighted by Crippen LogP contribution is -2.71. The van der Waals surface area contributed by atoms with Crippen LogP contribution >= 0.6 is 34.7 Å². The van der Waals surface area contributed by atoms with Gasteiger partial charge in [-0.1, -0.05) is 28.1 Å². The lowest BCUT2D eigenvalue weighted by atomic mass is 10.0. The number of aromatic nitrogens is 3. The normalized spacial score (nSPS) is 18.9. The van der Waals surface area contributed by atoms with Gasteiger partial charge in [-0.25, -0.2) is 18.7 Å². The SMILES string of the molecule is CCON=C(C(=O)N[C@@H]1C(=O)N2C(C(=O)O)=C(C[n+]3ccn4cc(C#N)ccc43)CS[C@@H]12)c1nc(N)sc1Cl. The van der Waals surface area contributed by atoms with E-state index < -0.39 is 29.2 Å². The number of nitrogens with one attached hydrogen (secondary N) is 1. The maximum Gasteiger partial charge on any atom is 0.352 e. The van der Waals surface area contributed by atoms with Crippen LogP contribution in [0.5, 0.6) is 0 Å². The molecule has 0 bridgehead atoms. The van der Waals surface area contributed by atoms with Crippen molar-refractivity contribution >= 4 is 69.0 Å². The second-order valence-corrected chi connectivity index (χ2v) is 11.1. The third kappa shape index (κ3) is 4.78. The van der Waals surface area contributed by atoms with Gasteiger partial charge < -0.3 is 21.0 Å². The van der Waals surface area contributed by atoms with Crippen LogP contribution < -0.4 is 15.6 Å². The number of fused-ring (bicyclic) bond motifs is 2. The number of hydrogen-bond donors (Lipinski definition) is 3. The number of carboxylic acids is 1. The highest BCUT2D eigenvalue weighted by Gasteiger charge is 2.54. The number of nitrogens with zero attached hydrogens (tertiary/aromatic N) is 6. The van der Waals surface area contributed by atoms with Crippen molar-refractivity contribution in [2.75, 3.05) is 18.1 Å². The van der Waals surface area contributed by atoms with Gasteiger partial charge in [-0.2, -0.15) is 5.26 Å². The summed E-state index contributed by atoms with van der Waals surface area (Å²) < 4.78 is 3.74. The number of nitrogen functional groups attached to an aromatic ring is 1. The van der Waals surface area contributed by atoms with Crippen LogP contribution in [0.4, 0.5) is 5.13 Å². The summed E-state index contributed by atoms with van der Waals surface area (Å²) >= 11 is 8.46. The summed E-state index contributed by atoms with van der Waals surface area (Å²) in [5.41, 5.74) is 7.14. The first-order chi connectivity index (χ1) is 18.7. The van der Waals surface area contributed by atoms with Crippen LogP contribution in [0.1, 0.15) is 18.2 Å². The average Bonchev–Trinajstić information content (AvgIpc) is 3.47. The smallest absolute Gasteiger partial charge is 0.352 e. The van der Waals surface area contributed by atoms with Crippen LogP contribution in [-0.4, -0.2) is 66.7 Å². The minimum Gasteiger partial charge on any atom is -0.477 e. The van der Waals surface area contributed by atoms with E-state index in [1.165, 1.54) is 16.7 Å². The second-order valence-electron chi connectivity index (χ2n) is 8.37. The Morgan fingerprint density at radius 1 is 1.46 bits per heavy atom. The molecule has 39 heavy (non-hydrogen) atoms. The molecule has 1 saturated heterocycles. The Morgan fingerprint density at radius 3 is 2.92 bits per heavy atom. The van der Waals surface area contributed by atoms with Crippen molar-refractivity contribution in [3.63, 3.8) is 0 Å². The third-order valence-electron chi connectivity index (χ3n) is 6.01. The Kier molecular flexibility index (Phi) is 7.17. The minimum atomic E-state index is -1.24. The van der Waals surface area contributed by atoms with Gasteiger partial charge in [0, 0.05) is 17.4 Å². The molecule has 3 aromatic heterocycles. The predicted molar refractivity (Wildman–Crippen MR) is 142 cm³/mol. The number of carboxylic acid groups (broad SMARTS) is 1. The first-order valence-corrected chi connectivity index (χ1v) is 13.7. The summed E-state index contributed by atoms with van der Waals surface area (Å²) in [4.78, 5) is 48.8. The first kappa shape index (κ1) is 26.5. The molecular weight excluding hydrogens is 568 g/mol. The molecule has 16 heteroatoms. The van der Waals surface area contributed by atoms with E-state index >= 15 is 0 Å². The molecule has 5 rings (SSSR count). The van der Waals surface area contributed by atoms with E-state index in [1.54, 1.807) is 42.0 Å². The van der Waals surface area contributed by atoms with E-state index in [-0.39, 0.29) is 39.7 Å². The summed E-state index contributed by atoms with van der Waals surface area (Å²) in [6, 6.07) is 4.52. The standard InChI is InChI=1S/C23H19ClN8O5S2/c1-2-37-29-15(14-18(24)39-23(26)28-14)19(33)27-16-20(34)32-17(22(35)36)12(10-38-21(16)32)9-31-6-5-30-8-11(7-25)3-4-13(30)31/h3-6,8,16,21H,2,9-10H2,1H3,(H3-,26,27,28,33,35,36)/p+1/t16-,21+/m1/s1. The Bertz CT molecular complexity index is 1620. The molecule has 0 aliphatic carbocycles. The molecule has 0 aromatic carbocycles. The number of thioether (sulfide) groups is 1. The van der Waals surface area contributed by atoms with Gasteiger partial charge in [-0.3, -0.25) is 14.5 Å². The molecule has 0 saturated carbocycles. The van der Waals surface area contributed by atoms with Crippen molar-refractivity contribution in [2.45, 2.75) is 24.9 Å². The number of aliphatic carboxylic acids is 1. The highest BCUT2D eigenvalue weighted by atomic mass is 35.5. The van der Waals surface area contributed by atoms with Crippen molar-refractivity contribution in [2.24, 2.45) is 5.16 Å². The molecule has 2 aliphatic rings. The summed E-state index contributed by atoms with van der Waals surface area (Å²) in [6.07, 6.45) is 5.21. The van der Waals surface area contributed by atoms with Crippen molar-refractivity contribution in [1.29, 1.82) is 5.26 Å². The van der Waals surface area contributed by atoms with Crippen LogP contribution in [0.15, 0.2) is 47.1 Å². The maximum atomic E-state index is 13.1. The van der Waals surface area contributed by atoms with E-state index in [0.29, 0.717) is 16.9 Å². The molecular formula is C23H20ClN8O5S2+. The van der Waals surface area contributed by atoms with Crippen LogP contribution in [-0.2, 0) is 25.8 Å². The Hall–Kier alpha value is -4.13. The van der Waals surface area contributed by atoms with Gasteiger partial charge in [0.2, 0.25) is 0 Å². The van der Waals surface area contributed by atoms with Gasteiger partial charge in [0.05, 0.1) is 5.56 Å². The van der Waals surface area contributed by atoms with Gasteiger partial charge in [0.25, 0.3) is 17.5 Å². The number of oxime groups is 1. The molecule has 0 radical (unpaired) electrons. The van der Waals surface area contributed by atoms with Gasteiger partial charge in [-0.05, 0) is 13.0 Å². The highest BCUT2D eigenvalue weighted by Crippen LogP contribution is 2.40. The van der Waals surface area contributed by atoms with E-state index in [2.05, 4.69) is 21.5 Å². The summed E-state index contributed by atoms with van der Waals surface area (Å²) in [6.45, 7) is 2.07. The number of hydrogen-bond acceptors (Lipinski definition) is 10. The number of halogens is 1. The molecule has 0 spiro atoms. The van der Waals surface area contributed by atoms with Gasteiger partial charge in [-0.15, -0.1) is 11.8 Å². The Labute approximate surface area is 234 Å². The summed E-state index contributed by atoms with van der Waals surface area (Å²) in [5.74, 6) is -2.25. The van der Waals surface area contributed by atoms with Crippen LogP contribution in [0, 0.1) is 11.3 Å². The molecule has 4 N–H and O–H groups in total. The zero-order valence-electron chi connectivity index (χ0n) is 20.2. The number of nitriles is 1. The topological polar surface area (TPSA) is 179 Å². The Balaban J connectivity index is 1.38. The second kappa shape index (κ2) is 10.6. The lowest BCUT2D eigenvalue weighted by Gasteiger charge is -2.49. The molecule has 2 aliphatic heterocycles. The first-order valence-electron chi connectivity index (χ1n) is 11.5. The van der Waals surface area contributed by atoms with Gasteiger partial charge >= 0.3 is 5.97 Å². The molecule has 0 unspecified atom stereocenters. The molecule has 13 nitrogen and oxygen atoms in total. The van der Waals surface area contributed by atoms with Crippen molar-refractivity contribution < 1.29 is 28.9 Å². The largest absolute Gasteiger partial charge is 0.477 e. The molecule has 2 amide bonds. The van der Waals surface area contributed by atoms with Crippen LogP contribution in [0.3, 0.4) is 0 Å². The molecule has 3 aromatic rings. The van der Waals surface area contributed by atoms with E-state index in [1.807, 2.05) is 4.57 Å². The number of carbonyl (C=O) groups is 3. The van der Waals surface area contributed by atoms with E-state index in [4.69, 9.17) is 27.4 Å². The number of imidazole rings is 1. The maximum absolute atomic E-state index is 13.1. The fraction of sp³-hybridized carbons (Fsp3) is 0.261. The monoisotopic (exact) mass is 587 g/mol. The number of amides is 2. The zero-order chi connectivity index (χ0) is 27.8. The number of β-lactam (4-membered cyclic amide) rings is 1. The number of carbonyl (C=O) groups excluding carboxylic acids is 2. The molecule has 200 valence electrons. The summed E-state index contributed by atoms with van der Waals surface area (Å²) in [5, 5.41) is 25.1. The fourth-order valence-electron chi connectivity index (χ4n) is 4.31. The van der Waals surface area contributed by atoms with E-state index in [0.717, 1.165) is 17.0 Å². The van der Waals surface area contributed by atoms with Crippen molar-refractivity contribution in [3.05, 3.63) is 57.6 Å². The summed E-state index contributed by atoms with van der Waals surface area (Å²) in [7, 11) is 0. The third-order valence-corrected chi connectivity index (χ3v) is 8.43. The number of nitrogens with two attached hydrogens (primary N) is 1. The van der Waals surface area contributed by atoms with Gasteiger partial charge in [0.1, 0.15) is 65.0 Å². The fourth-order valence-corrected chi connectivity index (χ4v) is 6.57. The van der Waals surface area contributed by atoms with Crippen LogP contribution in [0.25, 0.3) is 5.65 Å². The predicted octanol–water partition coefficient (Wildman–Crippen LogP) is 0.970. The minimum absolute atomic E-state index is 0.0251. The van der Waals surface area contributed by atoms with Crippen molar-refractivity contribution in [1.82, 2.24) is 19.6 Å². The van der Waals surface area contributed by atoms with Crippen LogP contribution in [0.2, 0.25) is 4.34 Å². The number of pyridine rings is 1. The van der Waals surface area contributed by atoms with Crippen molar-refractivity contribution in [3.8, 4) is 6.07 Å². The lowest BCUT2D eigenvalue weighted by molar-refractivity contribution is -0.662. The van der Waals surface area contributed by atoms with Gasteiger partial charge in [0.15, 0.2) is 10.8 Å². The Morgan fingerprint density at radius 2 is 2.26 bits per heavy atom. The zero-order valence-corrected chi connectivity index (χ0v) is 22.6. The highest BCUT2D eigenvalue weighted by molar-refractivity contribution is 8.00.